The molecule has 0 spiro atoms. The van der Waals surface area contributed by atoms with E-state index in [4.69, 9.17) is 5.73 Å². The average Bonchev–Trinajstić information content (AvgIpc) is 2.08. The number of nitrogens with zero attached hydrogens (tertiary/aromatic N) is 1. The largest absolute Gasteiger partial charge is 0.573 e. The van der Waals surface area contributed by atoms with E-state index < -0.39 is 6.36 Å². The number of halogens is 4. The third-order valence-corrected chi connectivity index (χ3v) is 2.69. The number of ether oxygens (including phenoxy) is 1. The zero-order valence-electron chi connectivity index (χ0n) is 7.73. The van der Waals surface area contributed by atoms with Crippen molar-refractivity contribution in [3.8, 4) is 5.75 Å². The Kier molecular flexibility index (Phi) is 3.77. The van der Waals surface area contributed by atoms with Gasteiger partial charge in [0.25, 0.3) is 0 Å². The molecule has 0 aliphatic rings. The number of aryl methyl sites for hydroxylation is 1. The average molecular weight is 332 g/mol. The van der Waals surface area contributed by atoms with Crippen LogP contribution in [-0.4, -0.2) is 11.3 Å². The second kappa shape index (κ2) is 4.52. The van der Waals surface area contributed by atoms with Crippen molar-refractivity contribution in [2.24, 2.45) is 5.73 Å². The summed E-state index contributed by atoms with van der Waals surface area (Å²) in [5.74, 6) is -0.254. The Hall–Kier alpha value is -0.570. The maximum atomic E-state index is 12.0. The molecule has 0 aliphatic heterocycles. The summed E-state index contributed by atoms with van der Waals surface area (Å²) in [6.07, 6.45) is -4.69. The topological polar surface area (TPSA) is 48.1 Å². The number of nitrogens with two attached hydrogens (primary N) is 1. The van der Waals surface area contributed by atoms with Crippen LogP contribution >= 0.6 is 22.6 Å². The van der Waals surface area contributed by atoms with Gasteiger partial charge in [0.1, 0.15) is 5.75 Å². The lowest BCUT2D eigenvalue weighted by Gasteiger charge is -2.12. The van der Waals surface area contributed by atoms with Crippen LogP contribution < -0.4 is 10.5 Å². The fourth-order valence-corrected chi connectivity index (χ4v) is 1.63. The van der Waals surface area contributed by atoms with Gasteiger partial charge >= 0.3 is 6.36 Å². The summed E-state index contributed by atoms with van der Waals surface area (Å²) in [7, 11) is 0. The minimum atomic E-state index is -4.69. The van der Waals surface area contributed by atoms with Gasteiger partial charge in [-0.2, -0.15) is 0 Å². The SMILES string of the molecule is Cc1cc(OC(F)(F)F)c(I)c(CN)n1. The Morgan fingerprint density at radius 2 is 2.13 bits per heavy atom. The van der Waals surface area contributed by atoms with E-state index in [-0.39, 0.29) is 15.9 Å². The molecular weight excluding hydrogens is 324 g/mol. The van der Waals surface area contributed by atoms with Crippen LogP contribution in [0.1, 0.15) is 11.4 Å². The number of alkyl halides is 3. The third-order valence-electron chi connectivity index (χ3n) is 1.54. The van der Waals surface area contributed by atoms with Gasteiger partial charge in [0.05, 0.1) is 9.26 Å². The maximum absolute atomic E-state index is 12.0. The van der Waals surface area contributed by atoms with E-state index in [9.17, 15) is 13.2 Å². The van der Waals surface area contributed by atoms with Crippen molar-refractivity contribution in [1.29, 1.82) is 0 Å². The molecule has 3 nitrogen and oxygen atoms in total. The Bertz CT molecular complexity index is 368. The van der Waals surface area contributed by atoms with Gasteiger partial charge in [-0.25, -0.2) is 0 Å². The van der Waals surface area contributed by atoms with Crippen molar-refractivity contribution in [2.45, 2.75) is 19.8 Å². The summed E-state index contributed by atoms with van der Waals surface area (Å²) in [6, 6.07) is 1.23. The Morgan fingerprint density at radius 1 is 1.53 bits per heavy atom. The highest BCUT2D eigenvalue weighted by molar-refractivity contribution is 14.1. The predicted molar refractivity (Wildman–Crippen MR) is 56.3 cm³/mol. The summed E-state index contributed by atoms with van der Waals surface area (Å²) < 4.78 is 40.2. The molecule has 0 aromatic carbocycles. The number of aromatic nitrogens is 1. The highest BCUT2D eigenvalue weighted by atomic mass is 127. The zero-order valence-corrected chi connectivity index (χ0v) is 9.89. The first-order valence-corrected chi connectivity index (χ1v) is 5.03. The first-order chi connectivity index (χ1) is 6.83. The molecule has 1 heterocycles. The van der Waals surface area contributed by atoms with Crippen molar-refractivity contribution >= 4 is 22.6 Å². The Labute approximate surface area is 98.0 Å². The van der Waals surface area contributed by atoms with Crippen LogP contribution in [0.15, 0.2) is 6.07 Å². The van der Waals surface area contributed by atoms with Gasteiger partial charge in [-0.1, -0.05) is 0 Å². The normalized spacial score (nSPS) is 11.6. The highest BCUT2D eigenvalue weighted by Crippen LogP contribution is 2.29. The van der Waals surface area contributed by atoms with E-state index in [0.29, 0.717) is 11.4 Å². The predicted octanol–water partition coefficient (Wildman–Crippen LogP) is 2.35. The third kappa shape index (κ3) is 3.49. The number of hydrogen-bond acceptors (Lipinski definition) is 3. The molecular formula is C8H8F3IN2O. The van der Waals surface area contributed by atoms with Crippen LogP contribution in [0.3, 0.4) is 0 Å². The van der Waals surface area contributed by atoms with Crippen LogP contribution in [0.25, 0.3) is 0 Å². The molecule has 15 heavy (non-hydrogen) atoms. The number of rotatable bonds is 2. The minimum Gasteiger partial charge on any atom is -0.405 e. The minimum absolute atomic E-state index is 0.0776. The van der Waals surface area contributed by atoms with E-state index >= 15 is 0 Å². The molecule has 2 N–H and O–H groups in total. The van der Waals surface area contributed by atoms with Crippen LogP contribution in [0, 0.1) is 10.5 Å². The van der Waals surface area contributed by atoms with Crippen LogP contribution in [0.5, 0.6) is 5.75 Å². The van der Waals surface area contributed by atoms with E-state index in [2.05, 4.69) is 9.72 Å². The molecule has 1 aromatic rings. The van der Waals surface area contributed by atoms with E-state index in [1.807, 2.05) is 0 Å². The zero-order chi connectivity index (χ0) is 11.6. The molecule has 0 bridgehead atoms. The second-order valence-corrected chi connectivity index (χ2v) is 3.85. The van der Waals surface area contributed by atoms with E-state index in [1.54, 1.807) is 29.5 Å². The monoisotopic (exact) mass is 332 g/mol. The molecule has 0 radical (unpaired) electrons. The number of hydrogen-bond donors (Lipinski definition) is 1. The lowest BCUT2D eigenvalue weighted by atomic mass is 10.3. The maximum Gasteiger partial charge on any atom is 0.573 e. The smallest absolute Gasteiger partial charge is 0.405 e. The molecule has 0 atom stereocenters. The van der Waals surface area contributed by atoms with Crippen molar-refractivity contribution in [2.75, 3.05) is 0 Å². The van der Waals surface area contributed by atoms with Gasteiger partial charge in [0.15, 0.2) is 0 Å². The van der Waals surface area contributed by atoms with Gasteiger partial charge in [0.2, 0.25) is 0 Å². The molecule has 0 aliphatic carbocycles. The van der Waals surface area contributed by atoms with Gasteiger partial charge in [-0.15, -0.1) is 13.2 Å². The van der Waals surface area contributed by atoms with Crippen LogP contribution in [0.4, 0.5) is 13.2 Å². The van der Waals surface area contributed by atoms with Crippen LogP contribution in [-0.2, 0) is 6.54 Å². The molecule has 0 fully saturated rings. The molecule has 0 saturated heterocycles. The molecule has 0 amide bonds. The second-order valence-electron chi connectivity index (χ2n) is 2.77. The first-order valence-electron chi connectivity index (χ1n) is 3.95. The lowest BCUT2D eigenvalue weighted by molar-refractivity contribution is -0.275. The summed E-state index contributed by atoms with van der Waals surface area (Å²) in [4.78, 5) is 4.00. The standard InChI is InChI=1S/C8H8F3IN2O/c1-4-2-6(15-8(9,10)11)7(12)5(3-13)14-4/h2H,3,13H2,1H3. The van der Waals surface area contributed by atoms with Crippen molar-refractivity contribution < 1.29 is 17.9 Å². The molecule has 7 heteroatoms. The lowest BCUT2D eigenvalue weighted by Crippen LogP contribution is -2.19. The number of pyridine rings is 1. The summed E-state index contributed by atoms with van der Waals surface area (Å²) >= 11 is 1.73. The summed E-state index contributed by atoms with van der Waals surface area (Å²) in [5, 5.41) is 0. The highest BCUT2D eigenvalue weighted by Gasteiger charge is 2.32. The van der Waals surface area contributed by atoms with Crippen molar-refractivity contribution in [3.05, 3.63) is 21.0 Å². The van der Waals surface area contributed by atoms with E-state index in [0.717, 1.165) is 0 Å². The van der Waals surface area contributed by atoms with Crippen LogP contribution in [0.2, 0.25) is 0 Å². The molecule has 1 aromatic heterocycles. The van der Waals surface area contributed by atoms with Gasteiger partial charge in [-0.05, 0) is 29.5 Å². The fraction of sp³-hybridized carbons (Fsp3) is 0.375. The molecule has 0 saturated carbocycles. The van der Waals surface area contributed by atoms with Gasteiger partial charge < -0.3 is 10.5 Å². The summed E-state index contributed by atoms with van der Waals surface area (Å²) in [5.41, 5.74) is 6.19. The summed E-state index contributed by atoms with van der Waals surface area (Å²) in [6.45, 7) is 1.66. The first kappa shape index (κ1) is 12.5. The Balaban J connectivity index is 3.12. The molecule has 1 rings (SSSR count). The molecule has 0 unspecified atom stereocenters. The van der Waals surface area contributed by atoms with Gasteiger partial charge in [0, 0.05) is 18.3 Å². The molecule has 84 valence electrons. The Morgan fingerprint density at radius 3 is 2.60 bits per heavy atom. The quantitative estimate of drug-likeness (QED) is 0.846. The van der Waals surface area contributed by atoms with E-state index in [1.165, 1.54) is 6.07 Å². The van der Waals surface area contributed by atoms with Crippen molar-refractivity contribution in [3.63, 3.8) is 0 Å². The van der Waals surface area contributed by atoms with Crippen molar-refractivity contribution in [1.82, 2.24) is 4.98 Å². The fourth-order valence-electron chi connectivity index (χ4n) is 1.02. The van der Waals surface area contributed by atoms with Gasteiger partial charge in [-0.3, -0.25) is 4.98 Å².